The average molecular weight is 260 g/mol. The Kier molecular flexibility index (Phi) is 2.43. The molecule has 3 nitrogen and oxygen atoms in total. The summed E-state index contributed by atoms with van der Waals surface area (Å²) in [5.74, 6) is 1.58. The highest BCUT2D eigenvalue weighted by atomic mass is 32.3. The molecule has 4 atom stereocenters. The molecule has 1 saturated heterocycles. The second-order valence-electron chi connectivity index (χ2n) is 4.81. The topological polar surface area (TPSA) is 43.4 Å². The highest BCUT2D eigenvalue weighted by Crippen LogP contribution is 2.54. The molecule has 0 aromatic rings. The Hall–Kier alpha value is -0.000000000000000111. The monoisotopic (exact) mass is 260 g/mol. The maximum atomic E-state index is 12.3. The summed E-state index contributed by atoms with van der Waals surface area (Å²) in [7, 11) is -0.369. The van der Waals surface area contributed by atoms with E-state index in [2.05, 4.69) is 6.08 Å². The van der Waals surface area contributed by atoms with Crippen molar-refractivity contribution in [1.29, 1.82) is 0 Å². The molecule has 5 heteroatoms. The van der Waals surface area contributed by atoms with Crippen molar-refractivity contribution in [3.63, 3.8) is 0 Å². The number of fused-ring (bicyclic) bond motifs is 1. The summed E-state index contributed by atoms with van der Waals surface area (Å²) >= 11 is 0. The summed E-state index contributed by atoms with van der Waals surface area (Å²) in [6.07, 6.45) is 6.90. The predicted octanol–water partition coefficient (Wildman–Crippen LogP) is 0.949. The van der Waals surface area contributed by atoms with Crippen LogP contribution in [0.25, 0.3) is 0 Å². The molecule has 4 aliphatic rings. The van der Waals surface area contributed by atoms with Crippen molar-refractivity contribution in [3.8, 4) is 0 Å². The quantitative estimate of drug-likeness (QED) is 0.659. The van der Waals surface area contributed by atoms with Gasteiger partial charge >= 0.3 is 0 Å². The number of hydrogen-bond acceptors (Lipinski definition) is 3. The molecule has 0 aromatic heterocycles. The van der Waals surface area contributed by atoms with E-state index in [1.807, 2.05) is 6.08 Å². The Morgan fingerprint density at radius 2 is 2.00 bits per heavy atom. The zero-order chi connectivity index (χ0) is 11.4. The third-order valence-corrected chi connectivity index (χ3v) is 9.27. The predicted molar refractivity (Wildman–Crippen MR) is 65.0 cm³/mol. The van der Waals surface area contributed by atoms with Crippen LogP contribution >= 0.6 is 0 Å². The largest absolute Gasteiger partial charge is 0.372 e. The van der Waals surface area contributed by atoms with Crippen molar-refractivity contribution in [1.82, 2.24) is 0 Å². The van der Waals surface area contributed by atoms with Gasteiger partial charge in [-0.2, -0.15) is 0 Å². The van der Waals surface area contributed by atoms with Gasteiger partial charge in [-0.1, -0.05) is 12.2 Å². The molecular weight excluding hydrogens is 244 g/mol. The lowest BCUT2D eigenvalue weighted by molar-refractivity contribution is -0.0200. The van der Waals surface area contributed by atoms with Crippen LogP contribution in [0.4, 0.5) is 0 Å². The van der Waals surface area contributed by atoms with Gasteiger partial charge < -0.3 is 4.74 Å². The lowest BCUT2D eigenvalue weighted by Gasteiger charge is -2.52. The number of allylic oxidation sites excluding steroid dienone is 1. The molecule has 0 radical (unpaired) electrons. The standard InChI is InChI=1S/C11H16O3S2/c1-14-10-4-2-9(3-5-10)8-11(10)15(12)6-7-16(11)13/h2,4,9H,3,5-8H2,1H3/t9-,10-,15-,16-/m1/s1. The van der Waals surface area contributed by atoms with Crippen molar-refractivity contribution >= 4 is 21.6 Å². The molecule has 2 fully saturated rings. The van der Waals surface area contributed by atoms with Crippen LogP contribution in [0.15, 0.2) is 12.2 Å². The van der Waals surface area contributed by atoms with Gasteiger partial charge in [0.05, 0.1) is 0 Å². The lowest BCUT2D eigenvalue weighted by Crippen LogP contribution is -2.62. The molecule has 3 aliphatic carbocycles. The van der Waals surface area contributed by atoms with Gasteiger partial charge in [-0.15, -0.1) is 0 Å². The van der Waals surface area contributed by atoms with Gasteiger partial charge in [0.1, 0.15) is 5.60 Å². The Morgan fingerprint density at radius 1 is 1.31 bits per heavy atom. The Labute approximate surface area is 101 Å². The molecule has 90 valence electrons. The highest BCUT2D eigenvalue weighted by molar-refractivity contribution is 8.07. The van der Waals surface area contributed by atoms with Crippen LogP contribution in [0, 0.1) is 5.92 Å². The van der Waals surface area contributed by atoms with E-state index < -0.39 is 31.3 Å². The van der Waals surface area contributed by atoms with Crippen LogP contribution in [-0.4, -0.2) is 36.7 Å². The van der Waals surface area contributed by atoms with E-state index in [-0.39, 0.29) is 0 Å². The summed E-state index contributed by atoms with van der Waals surface area (Å²) in [5, 5.41) is 0. The summed E-state index contributed by atoms with van der Waals surface area (Å²) in [4.78, 5) is 0. The van der Waals surface area contributed by atoms with Crippen molar-refractivity contribution in [2.75, 3.05) is 18.6 Å². The van der Waals surface area contributed by atoms with E-state index in [1.54, 1.807) is 7.11 Å². The molecule has 4 rings (SSSR count). The summed E-state index contributed by atoms with van der Waals surface area (Å²) < 4.78 is 29.7. The molecule has 2 bridgehead atoms. The van der Waals surface area contributed by atoms with Crippen LogP contribution in [-0.2, 0) is 26.3 Å². The maximum Gasteiger partial charge on any atom is 0.153 e. The minimum atomic E-state index is -1.01. The SMILES string of the molecule is CO[C@]12C=C[C@H](CC1)CC21[S@](=O)CC[S@]1=O. The van der Waals surface area contributed by atoms with Gasteiger partial charge in [0.25, 0.3) is 0 Å². The van der Waals surface area contributed by atoms with Gasteiger partial charge in [0, 0.05) is 40.2 Å². The van der Waals surface area contributed by atoms with Crippen LogP contribution < -0.4 is 0 Å². The maximum absolute atomic E-state index is 12.3. The molecule has 1 spiro atoms. The lowest BCUT2D eigenvalue weighted by atomic mass is 9.72. The number of hydrogen-bond donors (Lipinski definition) is 0. The highest BCUT2D eigenvalue weighted by Gasteiger charge is 2.65. The van der Waals surface area contributed by atoms with Gasteiger partial charge in [-0.25, -0.2) is 0 Å². The van der Waals surface area contributed by atoms with E-state index in [4.69, 9.17) is 4.74 Å². The van der Waals surface area contributed by atoms with Crippen molar-refractivity contribution in [3.05, 3.63) is 12.2 Å². The number of rotatable bonds is 1. The Morgan fingerprint density at radius 3 is 2.50 bits per heavy atom. The second-order valence-corrected chi connectivity index (χ2v) is 8.66. The third-order valence-electron chi connectivity index (χ3n) is 4.25. The number of ether oxygens (including phenoxy) is 1. The first-order valence-corrected chi connectivity index (χ1v) is 8.30. The molecule has 0 aromatic carbocycles. The van der Waals surface area contributed by atoms with Gasteiger partial charge in [-0.3, -0.25) is 8.42 Å². The van der Waals surface area contributed by atoms with E-state index in [1.165, 1.54) is 0 Å². The van der Waals surface area contributed by atoms with E-state index >= 15 is 0 Å². The smallest absolute Gasteiger partial charge is 0.153 e. The average Bonchev–Trinajstić information content (AvgIpc) is 2.60. The molecule has 16 heavy (non-hydrogen) atoms. The first kappa shape index (κ1) is 11.1. The van der Waals surface area contributed by atoms with Crippen molar-refractivity contribution < 1.29 is 13.2 Å². The summed E-state index contributed by atoms with van der Waals surface area (Å²) in [5.41, 5.74) is -0.534. The molecule has 0 amide bonds. The fraction of sp³-hybridized carbons (Fsp3) is 0.818. The molecule has 1 saturated carbocycles. The Bertz CT molecular complexity index is 388. The third kappa shape index (κ3) is 1.12. The first-order valence-electron chi connectivity index (χ1n) is 5.66. The minimum Gasteiger partial charge on any atom is -0.372 e. The van der Waals surface area contributed by atoms with Crippen LogP contribution in [0.2, 0.25) is 0 Å². The molecule has 1 heterocycles. The molecule has 0 unspecified atom stereocenters. The van der Waals surface area contributed by atoms with E-state index in [0.29, 0.717) is 17.4 Å². The van der Waals surface area contributed by atoms with Gasteiger partial charge in [0.15, 0.2) is 4.08 Å². The summed E-state index contributed by atoms with van der Waals surface area (Å²) in [6, 6.07) is 0. The van der Waals surface area contributed by atoms with E-state index in [0.717, 1.165) is 19.3 Å². The fourth-order valence-electron chi connectivity index (χ4n) is 3.36. The number of methoxy groups -OCH3 is 1. The summed E-state index contributed by atoms with van der Waals surface area (Å²) in [6.45, 7) is 0. The van der Waals surface area contributed by atoms with E-state index in [9.17, 15) is 8.42 Å². The zero-order valence-electron chi connectivity index (χ0n) is 9.31. The van der Waals surface area contributed by atoms with Crippen molar-refractivity contribution in [2.24, 2.45) is 5.92 Å². The molecular formula is C11H16O3S2. The van der Waals surface area contributed by atoms with Gasteiger partial charge in [0.2, 0.25) is 0 Å². The Balaban J connectivity index is 2.17. The van der Waals surface area contributed by atoms with Gasteiger partial charge in [-0.05, 0) is 25.2 Å². The van der Waals surface area contributed by atoms with Crippen molar-refractivity contribution in [2.45, 2.75) is 28.9 Å². The van der Waals surface area contributed by atoms with Crippen LogP contribution in [0.1, 0.15) is 19.3 Å². The molecule has 1 aliphatic heterocycles. The fourth-order valence-corrected chi connectivity index (χ4v) is 8.64. The second kappa shape index (κ2) is 3.50. The zero-order valence-corrected chi connectivity index (χ0v) is 10.9. The van der Waals surface area contributed by atoms with Crippen LogP contribution in [0.3, 0.4) is 0 Å². The van der Waals surface area contributed by atoms with Crippen LogP contribution in [0.5, 0.6) is 0 Å². The normalized spacial score (nSPS) is 48.9. The minimum absolute atomic E-state index is 0.447. The molecule has 0 N–H and O–H groups in total. The first-order chi connectivity index (χ1) is 7.64.